The number of hydrogen-bond donors (Lipinski definition) is 1. The number of unbranched alkanes of at least 4 members (excludes halogenated alkanes) is 11. The van der Waals surface area contributed by atoms with Gasteiger partial charge >= 0.3 is 5.97 Å². The van der Waals surface area contributed by atoms with Gasteiger partial charge in [0.05, 0.1) is 5.41 Å². The second-order valence-corrected chi connectivity index (χ2v) is 7.72. The van der Waals surface area contributed by atoms with Gasteiger partial charge in [0.1, 0.15) is 0 Å². The Morgan fingerprint density at radius 2 is 0.880 bits per heavy atom. The van der Waals surface area contributed by atoms with Crippen LogP contribution in [0, 0.1) is 46.3 Å². The fourth-order valence-corrected chi connectivity index (χ4v) is 3.72. The van der Waals surface area contributed by atoms with Gasteiger partial charge < -0.3 is 5.11 Å². The van der Waals surface area contributed by atoms with Crippen LogP contribution in [0.1, 0.15) is 130 Å². The van der Waals surface area contributed by atoms with Crippen molar-refractivity contribution in [3.8, 4) is 0 Å². The van der Waals surface area contributed by atoms with E-state index in [9.17, 15) is 9.90 Å². The predicted molar refractivity (Wildman–Crippen MR) is 106 cm³/mol. The van der Waals surface area contributed by atoms with E-state index < -0.39 is 11.4 Å². The van der Waals surface area contributed by atoms with E-state index in [0.29, 0.717) is 0 Å². The average molecular weight is 485 g/mol. The van der Waals surface area contributed by atoms with Crippen molar-refractivity contribution >= 4 is 5.97 Å². The third-order valence-corrected chi connectivity index (χ3v) is 5.48. The third-order valence-electron chi connectivity index (χ3n) is 5.48. The number of hydrogen-bond acceptors (Lipinski definition) is 1. The SMILES string of the molecule is CCCCCCCCC(CCCCCC)(CCCCCC)C(=O)O.[Nd]. The van der Waals surface area contributed by atoms with Crippen LogP contribution in [0.2, 0.25) is 0 Å². The van der Waals surface area contributed by atoms with Gasteiger partial charge in [-0.15, -0.1) is 0 Å². The topological polar surface area (TPSA) is 37.3 Å². The zero-order valence-corrected chi connectivity index (χ0v) is 20.6. The summed E-state index contributed by atoms with van der Waals surface area (Å²) in [5.41, 5.74) is -0.438. The van der Waals surface area contributed by atoms with E-state index in [2.05, 4.69) is 20.8 Å². The van der Waals surface area contributed by atoms with Crippen molar-refractivity contribution in [2.24, 2.45) is 5.41 Å². The van der Waals surface area contributed by atoms with Crippen molar-refractivity contribution in [1.29, 1.82) is 0 Å². The van der Waals surface area contributed by atoms with Crippen molar-refractivity contribution < 1.29 is 50.7 Å². The normalized spacial score (nSPS) is 11.3. The zero-order chi connectivity index (χ0) is 18.1. The molecule has 0 aliphatic heterocycles. The Morgan fingerprint density at radius 1 is 0.600 bits per heavy atom. The molecular weight excluding hydrogens is 440 g/mol. The van der Waals surface area contributed by atoms with Crippen LogP contribution in [0.15, 0.2) is 0 Å². The molecule has 0 aromatic heterocycles. The number of carbonyl (C=O) groups is 1. The first kappa shape index (κ1) is 28.0. The molecule has 0 rings (SSSR count). The summed E-state index contributed by atoms with van der Waals surface area (Å²) in [6, 6.07) is 0. The Bertz CT molecular complexity index is 280. The number of carboxylic acid groups (broad SMARTS) is 1. The standard InChI is InChI=1S/C22H44O2.Nd/c1-4-7-10-13-14-17-20-22(21(23)24,18-15-11-8-5-2)19-16-12-9-6-3;/h4-20H2,1-3H3,(H,23,24);. The number of carboxylic acids is 1. The molecule has 0 radical (unpaired) electrons. The Hall–Kier alpha value is 0.821. The molecule has 0 saturated heterocycles. The molecule has 0 heterocycles. The van der Waals surface area contributed by atoms with Crippen molar-refractivity contribution in [1.82, 2.24) is 0 Å². The van der Waals surface area contributed by atoms with Gasteiger partial charge in [-0.3, -0.25) is 4.79 Å². The van der Waals surface area contributed by atoms with Gasteiger partial charge in [-0.2, -0.15) is 0 Å². The minimum Gasteiger partial charge on any atom is -0.481 e. The molecule has 3 heteroatoms. The Morgan fingerprint density at radius 3 is 1.20 bits per heavy atom. The molecule has 0 spiro atoms. The van der Waals surface area contributed by atoms with Gasteiger partial charge in [0.15, 0.2) is 0 Å². The summed E-state index contributed by atoms with van der Waals surface area (Å²) in [7, 11) is 0. The van der Waals surface area contributed by atoms with Gasteiger partial charge in [-0.25, -0.2) is 0 Å². The summed E-state index contributed by atoms with van der Waals surface area (Å²) in [6.45, 7) is 6.67. The van der Waals surface area contributed by atoms with Crippen LogP contribution < -0.4 is 0 Å². The summed E-state index contributed by atoms with van der Waals surface area (Å²) in [4.78, 5) is 12.1. The molecule has 0 amide bonds. The number of rotatable bonds is 18. The molecule has 25 heavy (non-hydrogen) atoms. The second kappa shape index (κ2) is 19.6. The van der Waals surface area contributed by atoms with Crippen molar-refractivity contribution in [3.05, 3.63) is 0 Å². The van der Waals surface area contributed by atoms with Crippen molar-refractivity contribution in [3.63, 3.8) is 0 Å². The predicted octanol–water partition coefficient (Wildman–Crippen LogP) is 7.75. The van der Waals surface area contributed by atoms with Crippen molar-refractivity contribution in [2.75, 3.05) is 0 Å². The molecule has 0 fully saturated rings. The second-order valence-electron chi connectivity index (χ2n) is 7.72. The molecule has 2 nitrogen and oxygen atoms in total. The molecule has 148 valence electrons. The minimum absolute atomic E-state index is 0. The first-order valence-corrected chi connectivity index (χ1v) is 10.9. The Kier molecular flexibility index (Phi) is 22.0. The van der Waals surface area contributed by atoms with Gasteiger partial charge in [0, 0.05) is 40.8 Å². The molecule has 0 aromatic carbocycles. The maximum absolute atomic E-state index is 12.1. The van der Waals surface area contributed by atoms with Crippen LogP contribution in [-0.2, 0) is 4.79 Å². The quantitative estimate of drug-likeness (QED) is 0.202. The van der Waals surface area contributed by atoms with Crippen LogP contribution in [0.25, 0.3) is 0 Å². The molecule has 0 saturated carbocycles. The molecule has 0 bridgehead atoms. The summed E-state index contributed by atoms with van der Waals surface area (Å²) < 4.78 is 0. The third kappa shape index (κ3) is 14.5. The number of aliphatic carboxylic acids is 1. The van der Waals surface area contributed by atoms with E-state index in [1.165, 1.54) is 70.6 Å². The molecule has 1 N–H and O–H groups in total. The maximum atomic E-state index is 12.1. The summed E-state index contributed by atoms with van der Waals surface area (Å²) in [5.74, 6) is -0.524. The Balaban J connectivity index is 0. The molecular formula is C22H44NdO2. The average Bonchev–Trinajstić information content (AvgIpc) is 2.57. The van der Waals surface area contributed by atoms with E-state index in [1.54, 1.807) is 0 Å². The molecule has 0 unspecified atom stereocenters. The van der Waals surface area contributed by atoms with E-state index in [4.69, 9.17) is 0 Å². The van der Waals surface area contributed by atoms with Gasteiger partial charge in [-0.1, -0.05) is 111 Å². The van der Waals surface area contributed by atoms with Crippen LogP contribution >= 0.6 is 0 Å². The van der Waals surface area contributed by atoms with Gasteiger partial charge in [0.2, 0.25) is 0 Å². The fraction of sp³-hybridized carbons (Fsp3) is 0.955. The summed E-state index contributed by atoms with van der Waals surface area (Å²) in [5, 5.41) is 9.98. The van der Waals surface area contributed by atoms with Gasteiger partial charge in [-0.05, 0) is 19.3 Å². The van der Waals surface area contributed by atoms with E-state index in [0.717, 1.165) is 38.5 Å². The maximum Gasteiger partial charge on any atom is 0.309 e. The molecule has 0 aliphatic rings. The van der Waals surface area contributed by atoms with E-state index in [-0.39, 0.29) is 40.8 Å². The first-order valence-electron chi connectivity index (χ1n) is 10.9. The smallest absolute Gasteiger partial charge is 0.309 e. The summed E-state index contributed by atoms with van der Waals surface area (Å²) in [6.07, 6.45) is 19.6. The first-order chi connectivity index (χ1) is 11.6. The van der Waals surface area contributed by atoms with E-state index >= 15 is 0 Å². The zero-order valence-electron chi connectivity index (χ0n) is 17.4. The van der Waals surface area contributed by atoms with Gasteiger partial charge in [0.25, 0.3) is 0 Å². The fourth-order valence-electron chi connectivity index (χ4n) is 3.72. The molecule has 0 aliphatic carbocycles. The van der Waals surface area contributed by atoms with Crippen molar-refractivity contribution in [2.45, 2.75) is 130 Å². The Labute approximate surface area is 190 Å². The minimum atomic E-state index is -0.524. The largest absolute Gasteiger partial charge is 0.481 e. The monoisotopic (exact) mass is 482 g/mol. The van der Waals surface area contributed by atoms with Crippen LogP contribution in [-0.4, -0.2) is 11.1 Å². The van der Waals surface area contributed by atoms with Crippen LogP contribution in [0.3, 0.4) is 0 Å². The molecule has 0 atom stereocenters. The van der Waals surface area contributed by atoms with E-state index in [1.807, 2.05) is 0 Å². The molecule has 0 aromatic rings. The van der Waals surface area contributed by atoms with Crippen LogP contribution in [0.4, 0.5) is 0 Å². The summed E-state index contributed by atoms with van der Waals surface area (Å²) >= 11 is 0. The van der Waals surface area contributed by atoms with Crippen LogP contribution in [0.5, 0.6) is 0 Å².